The van der Waals surface area contributed by atoms with E-state index in [-0.39, 0.29) is 17.4 Å². The number of nitrogens with zero attached hydrogens (tertiary/aromatic N) is 2. The second kappa shape index (κ2) is 7.12. The molecule has 5 nitrogen and oxygen atoms in total. The largest absolute Gasteiger partial charge is 0.458 e. The summed E-state index contributed by atoms with van der Waals surface area (Å²) in [5, 5.41) is 5.40. The summed E-state index contributed by atoms with van der Waals surface area (Å²) in [6.07, 6.45) is 3.91. The molecule has 0 aliphatic heterocycles. The molecule has 1 aliphatic carbocycles. The summed E-state index contributed by atoms with van der Waals surface area (Å²) < 4.78 is 6.98. The molecule has 2 aromatic carbocycles. The van der Waals surface area contributed by atoms with Gasteiger partial charge in [0.15, 0.2) is 5.69 Å². The average molecular weight is 348 g/mol. The standard InChI is InChI=1S/C21H20N2O3/c24-20-18-13-7-6-12-17(18)19(21(25)26-16-10-4-5-11-16)22-23(20)14-15-8-2-1-3-9-15/h1-3,6-9,12-13,16H,4-5,10-11,14H2. The van der Waals surface area contributed by atoms with Crippen LogP contribution in [0.1, 0.15) is 41.7 Å². The second-order valence-corrected chi connectivity index (χ2v) is 6.65. The minimum Gasteiger partial charge on any atom is -0.458 e. The number of aromatic nitrogens is 2. The highest BCUT2D eigenvalue weighted by Gasteiger charge is 2.23. The Morgan fingerprint density at radius 2 is 1.65 bits per heavy atom. The van der Waals surface area contributed by atoms with Crippen molar-refractivity contribution in [3.05, 3.63) is 76.2 Å². The maximum Gasteiger partial charge on any atom is 0.359 e. The smallest absolute Gasteiger partial charge is 0.359 e. The van der Waals surface area contributed by atoms with Crippen LogP contribution in [0, 0.1) is 0 Å². The maximum atomic E-state index is 12.8. The second-order valence-electron chi connectivity index (χ2n) is 6.65. The predicted molar refractivity (Wildman–Crippen MR) is 99.2 cm³/mol. The summed E-state index contributed by atoms with van der Waals surface area (Å²) in [6, 6.07) is 16.7. The lowest BCUT2D eigenvalue weighted by atomic mass is 10.1. The predicted octanol–water partition coefficient (Wildman–Crippen LogP) is 3.54. The number of ether oxygens (including phenoxy) is 1. The Balaban J connectivity index is 1.76. The number of esters is 1. The molecule has 0 spiro atoms. The summed E-state index contributed by atoms with van der Waals surface area (Å²) in [6.45, 7) is 0.314. The first-order chi connectivity index (χ1) is 12.7. The molecule has 1 aliphatic rings. The Labute approximate surface area is 151 Å². The average Bonchev–Trinajstić information content (AvgIpc) is 3.18. The van der Waals surface area contributed by atoms with Crippen LogP contribution in [0.4, 0.5) is 0 Å². The van der Waals surface area contributed by atoms with E-state index < -0.39 is 5.97 Å². The first-order valence-electron chi connectivity index (χ1n) is 8.97. The number of fused-ring (bicyclic) bond motifs is 1. The monoisotopic (exact) mass is 348 g/mol. The number of benzene rings is 2. The van der Waals surface area contributed by atoms with Crippen molar-refractivity contribution in [3.63, 3.8) is 0 Å². The molecule has 0 unspecified atom stereocenters. The lowest BCUT2D eigenvalue weighted by Gasteiger charge is -2.14. The molecular formula is C21H20N2O3. The van der Waals surface area contributed by atoms with E-state index >= 15 is 0 Å². The summed E-state index contributed by atoms with van der Waals surface area (Å²) >= 11 is 0. The molecule has 0 atom stereocenters. The van der Waals surface area contributed by atoms with Crippen LogP contribution in [0.15, 0.2) is 59.4 Å². The van der Waals surface area contributed by atoms with E-state index in [0.717, 1.165) is 31.2 Å². The van der Waals surface area contributed by atoms with Crippen LogP contribution in [-0.4, -0.2) is 21.9 Å². The topological polar surface area (TPSA) is 61.2 Å². The van der Waals surface area contributed by atoms with Crippen molar-refractivity contribution < 1.29 is 9.53 Å². The summed E-state index contributed by atoms with van der Waals surface area (Å²) in [7, 11) is 0. The fourth-order valence-electron chi connectivity index (χ4n) is 3.46. The van der Waals surface area contributed by atoms with Gasteiger partial charge in [0.2, 0.25) is 0 Å². The number of carbonyl (C=O) groups is 1. The molecule has 1 aromatic heterocycles. The zero-order valence-electron chi connectivity index (χ0n) is 14.4. The first-order valence-corrected chi connectivity index (χ1v) is 8.97. The molecular weight excluding hydrogens is 328 g/mol. The highest BCUT2D eigenvalue weighted by Crippen LogP contribution is 2.23. The van der Waals surface area contributed by atoms with Crippen LogP contribution in [0.25, 0.3) is 10.8 Å². The molecule has 132 valence electrons. The zero-order valence-corrected chi connectivity index (χ0v) is 14.4. The Morgan fingerprint density at radius 3 is 2.38 bits per heavy atom. The fourth-order valence-corrected chi connectivity index (χ4v) is 3.46. The van der Waals surface area contributed by atoms with Gasteiger partial charge in [0.05, 0.1) is 11.9 Å². The summed E-state index contributed by atoms with van der Waals surface area (Å²) in [4.78, 5) is 25.5. The Morgan fingerprint density at radius 1 is 1.00 bits per heavy atom. The lowest BCUT2D eigenvalue weighted by Crippen LogP contribution is -2.27. The SMILES string of the molecule is O=C(OC1CCCC1)c1nn(Cc2ccccc2)c(=O)c2ccccc12. The van der Waals surface area contributed by atoms with E-state index in [1.54, 1.807) is 24.3 Å². The van der Waals surface area contributed by atoms with Gasteiger partial charge >= 0.3 is 5.97 Å². The van der Waals surface area contributed by atoms with E-state index in [1.807, 2.05) is 30.3 Å². The maximum absolute atomic E-state index is 12.8. The highest BCUT2D eigenvalue weighted by atomic mass is 16.5. The molecule has 4 rings (SSSR count). The van der Waals surface area contributed by atoms with Crippen LogP contribution in [0.3, 0.4) is 0 Å². The quantitative estimate of drug-likeness (QED) is 0.677. The minimum absolute atomic E-state index is 0.0439. The van der Waals surface area contributed by atoms with Gasteiger partial charge in [0, 0.05) is 5.39 Å². The molecule has 26 heavy (non-hydrogen) atoms. The van der Waals surface area contributed by atoms with Crippen LogP contribution < -0.4 is 5.56 Å². The molecule has 0 radical (unpaired) electrons. The van der Waals surface area contributed by atoms with E-state index in [4.69, 9.17) is 4.74 Å². The van der Waals surface area contributed by atoms with Gasteiger partial charge in [-0.05, 0) is 37.3 Å². The van der Waals surface area contributed by atoms with E-state index in [9.17, 15) is 9.59 Å². The van der Waals surface area contributed by atoms with Crippen molar-refractivity contribution in [3.8, 4) is 0 Å². The van der Waals surface area contributed by atoms with E-state index in [0.29, 0.717) is 17.3 Å². The molecule has 0 saturated heterocycles. The number of rotatable bonds is 4. The Bertz CT molecular complexity index is 989. The summed E-state index contributed by atoms with van der Waals surface area (Å²) in [5.41, 5.74) is 0.956. The lowest BCUT2D eigenvalue weighted by molar-refractivity contribution is 0.0310. The molecule has 0 bridgehead atoms. The van der Waals surface area contributed by atoms with Gasteiger partial charge in [-0.25, -0.2) is 9.48 Å². The van der Waals surface area contributed by atoms with Crippen LogP contribution in [-0.2, 0) is 11.3 Å². The highest BCUT2D eigenvalue weighted by molar-refractivity contribution is 6.02. The zero-order chi connectivity index (χ0) is 17.9. The number of carbonyl (C=O) groups excluding carboxylic acids is 1. The first kappa shape index (κ1) is 16.5. The van der Waals surface area contributed by atoms with Crippen molar-refractivity contribution in [2.24, 2.45) is 0 Å². The third kappa shape index (κ3) is 3.25. The van der Waals surface area contributed by atoms with Crippen molar-refractivity contribution in [2.75, 3.05) is 0 Å². The van der Waals surface area contributed by atoms with Crippen molar-refractivity contribution in [1.82, 2.24) is 9.78 Å². The van der Waals surface area contributed by atoms with Crippen LogP contribution in [0.5, 0.6) is 0 Å². The van der Waals surface area contributed by atoms with Gasteiger partial charge in [-0.1, -0.05) is 48.5 Å². The van der Waals surface area contributed by atoms with Crippen molar-refractivity contribution in [2.45, 2.75) is 38.3 Å². The molecule has 0 N–H and O–H groups in total. The molecule has 5 heteroatoms. The van der Waals surface area contributed by atoms with Gasteiger partial charge < -0.3 is 4.74 Å². The molecule has 0 amide bonds. The number of hydrogen-bond donors (Lipinski definition) is 0. The van der Waals surface area contributed by atoms with Crippen molar-refractivity contribution in [1.29, 1.82) is 0 Å². The van der Waals surface area contributed by atoms with Gasteiger partial charge in [0.25, 0.3) is 5.56 Å². The molecule has 1 saturated carbocycles. The van der Waals surface area contributed by atoms with Crippen LogP contribution in [0.2, 0.25) is 0 Å². The van der Waals surface area contributed by atoms with Crippen LogP contribution >= 0.6 is 0 Å². The van der Waals surface area contributed by atoms with Gasteiger partial charge in [0.1, 0.15) is 6.10 Å². The molecule has 3 aromatic rings. The molecule has 1 heterocycles. The number of hydrogen-bond acceptors (Lipinski definition) is 4. The van der Waals surface area contributed by atoms with Gasteiger partial charge in [-0.2, -0.15) is 5.10 Å². The van der Waals surface area contributed by atoms with Gasteiger partial charge in [-0.15, -0.1) is 0 Å². The fraction of sp³-hybridized carbons (Fsp3) is 0.286. The van der Waals surface area contributed by atoms with E-state index in [1.165, 1.54) is 4.68 Å². The third-order valence-electron chi connectivity index (χ3n) is 4.81. The third-order valence-corrected chi connectivity index (χ3v) is 4.81. The van der Waals surface area contributed by atoms with E-state index in [2.05, 4.69) is 5.10 Å². The minimum atomic E-state index is -0.449. The van der Waals surface area contributed by atoms with Gasteiger partial charge in [-0.3, -0.25) is 4.79 Å². The summed E-state index contributed by atoms with van der Waals surface area (Å²) in [5.74, 6) is -0.449. The molecule has 1 fully saturated rings. The van der Waals surface area contributed by atoms with Crippen molar-refractivity contribution >= 4 is 16.7 Å². The Hall–Kier alpha value is -2.95. The Kier molecular flexibility index (Phi) is 4.52. The normalized spacial score (nSPS) is 14.6.